The summed E-state index contributed by atoms with van der Waals surface area (Å²) in [5, 5.41) is 16.1. The van der Waals surface area contributed by atoms with Gasteiger partial charge in [0.1, 0.15) is 5.92 Å². The topological polar surface area (TPSA) is 47.6 Å². The first-order valence-electron chi connectivity index (χ1n) is 4.14. The number of nitrogens with zero attached hydrogens (tertiary/aromatic N) is 2. The Morgan fingerprint density at radius 1 is 0.923 bits per heavy atom. The third-order valence-corrected chi connectivity index (χ3v) is 1.39. The minimum Gasteiger partial charge on any atom is -0.197 e. The Morgan fingerprint density at radius 2 is 1.23 bits per heavy atom. The Labute approximate surface area is 79.0 Å². The van der Waals surface area contributed by atoms with Crippen LogP contribution in [-0.4, -0.2) is 0 Å². The van der Waals surface area contributed by atoms with E-state index in [2.05, 4.69) is 0 Å². The van der Waals surface area contributed by atoms with E-state index in [4.69, 9.17) is 10.5 Å². The molecule has 0 aliphatic rings. The summed E-state index contributed by atoms with van der Waals surface area (Å²) in [7, 11) is 0. The Morgan fingerprint density at radius 3 is 1.31 bits per heavy atom. The van der Waals surface area contributed by atoms with Crippen LogP contribution in [0.25, 0.3) is 0 Å². The van der Waals surface area contributed by atoms with Crippen molar-refractivity contribution in [3.05, 3.63) is 36.4 Å². The van der Waals surface area contributed by atoms with Crippen LogP contribution in [0.2, 0.25) is 0 Å². The highest BCUT2D eigenvalue weighted by Crippen LogP contribution is 1.94. The zero-order valence-corrected chi connectivity index (χ0v) is 7.64. The molecule has 66 valence electrons. The molecule has 2 nitrogen and oxygen atoms in total. The standard InChI is InChI=1S/C6H6.C5H6N2/c1-2-4-6-5-3-1;1-2-5(3-6)4-7/h1-6H;5H,2H2,1H3. The number of hydrogen-bond acceptors (Lipinski definition) is 2. The summed E-state index contributed by atoms with van der Waals surface area (Å²) in [6.07, 6.45) is 0.632. The molecule has 0 spiro atoms. The molecule has 0 unspecified atom stereocenters. The average Bonchev–Trinajstić information content (AvgIpc) is 2.24. The summed E-state index contributed by atoms with van der Waals surface area (Å²) in [4.78, 5) is 0. The van der Waals surface area contributed by atoms with Crippen LogP contribution in [0.3, 0.4) is 0 Å². The highest BCUT2D eigenvalue weighted by atomic mass is 14.3. The van der Waals surface area contributed by atoms with Crippen LogP contribution in [0.15, 0.2) is 36.4 Å². The smallest absolute Gasteiger partial charge is 0.133 e. The maximum atomic E-state index is 8.05. The third-order valence-electron chi connectivity index (χ3n) is 1.39. The molecule has 0 aliphatic carbocycles. The van der Waals surface area contributed by atoms with Gasteiger partial charge in [-0.15, -0.1) is 0 Å². The van der Waals surface area contributed by atoms with Crippen molar-refractivity contribution in [1.82, 2.24) is 0 Å². The molecular weight excluding hydrogens is 160 g/mol. The lowest BCUT2D eigenvalue weighted by Gasteiger charge is -1.84. The van der Waals surface area contributed by atoms with Gasteiger partial charge in [0, 0.05) is 0 Å². The zero-order chi connectivity index (χ0) is 9.94. The molecule has 13 heavy (non-hydrogen) atoms. The van der Waals surface area contributed by atoms with Crippen LogP contribution >= 0.6 is 0 Å². The van der Waals surface area contributed by atoms with Crippen LogP contribution < -0.4 is 0 Å². The number of rotatable bonds is 1. The quantitative estimate of drug-likeness (QED) is 0.653. The first-order valence-corrected chi connectivity index (χ1v) is 4.14. The predicted octanol–water partition coefficient (Wildman–Crippen LogP) is 2.75. The van der Waals surface area contributed by atoms with Crippen molar-refractivity contribution in [1.29, 1.82) is 10.5 Å². The molecule has 0 fully saturated rings. The zero-order valence-electron chi connectivity index (χ0n) is 7.64. The molecule has 0 atom stereocenters. The molecule has 1 aromatic carbocycles. The highest BCUT2D eigenvalue weighted by molar-refractivity contribution is 4.99. The molecule has 0 radical (unpaired) electrons. The van der Waals surface area contributed by atoms with Gasteiger partial charge in [0.15, 0.2) is 0 Å². The van der Waals surface area contributed by atoms with Crippen LogP contribution in [0.4, 0.5) is 0 Å². The summed E-state index contributed by atoms with van der Waals surface area (Å²) in [5.41, 5.74) is 0. The van der Waals surface area contributed by atoms with Crippen molar-refractivity contribution >= 4 is 0 Å². The molecule has 0 saturated heterocycles. The predicted molar refractivity (Wildman–Crippen MR) is 51.4 cm³/mol. The molecule has 0 amide bonds. The SMILES string of the molecule is CCC(C#N)C#N.c1ccccc1. The van der Waals surface area contributed by atoms with Gasteiger partial charge >= 0.3 is 0 Å². The van der Waals surface area contributed by atoms with E-state index in [-0.39, 0.29) is 0 Å². The van der Waals surface area contributed by atoms with E-state index in [0.29, 0.717) is 6.42 Å². The van der Waals surface area contributed by atoms with E-state index < -0.39 is 5.92 Å². The Kier molecular flexibility index (Phi) is 7.15. The number of hydrogen-bond donors (Lipinski definition) is 0. The maximum Gasteiger partial charge on any atom is 0.133 e. The third kappa shape index (κ3) is 6.59. The molecule has 0 saturated carbocycles. The van der Waals surface area contributed by atoms with E-state index in [0.717, 1.165) is 0 Å². The lowest BCUT2D eigenvalue weighted by Crippen LogP contribution is -1.86. The van der Waals surface area contributed by atoms with E-state index in [1.54, 1.807) is 0 Å². The fourth-order valence-electron chi connectivity index (χ4n) is 0.596. The molecule has 1 rings (SSSR count). The fraction of sp³-hybridized carbons (Fsp3) is 0.273. The second kappa shape index (κ2) is 8.30. The maximum absolute atomic E-state index is 8.05. The second-order valence-corrected chi connectivity index (χ2v) is 2.37. The molecule has 0 heterocycles. The van der Waals surface area contributed by atoms with Gasteiger partial charge in [0.05, 0.1) is 12.1 Å². The van der Waals surface area contributed by atoms with Crippen molar-refractivity contribution in [2.45, 2.75) is 13.3 Å². The summed E-state index contributed by atoms with van der Waals surface area (Å²) >= 11 is 0. The number of nitriles is 2. The lowest BCUT2D eigenvalue weighted by molar-refractivity contribution is 0.802. The summed E-state index contributed by atoms with van der Waals surface area (Å²) in [6.45, 7) is 1.82. The van der Waals surface area contributed by atoms with E-state index in [1.807, 2.05) is 55.5 Å². The van der Waals surface area contributed by atoms with Gasteiger partial charge < -0.3 is 0 Å². The molecule has 0 aromatic heterocycles. The van der Waals surface area contributed by atoms with E-state index >= 15 is 0 Å². The summed E-state index contributed by atoms with van der Waals surface area (Å²) < 4.78 is 0. The largest absolute Gasteiger partial charge is 0.197 e. The van der Waals surface area contributed by atoms with Crippen molar-refractivity contribution in [3.8, 4) is 12.1 Å². The normalized spacial score (nSPS) is 7.69. The highest BCUT2D eigenvalue weighted by Gasteiger charge is 1.96. The first-order chi connectivity index (χ1) is 6.35. The minimum absolute atomic E-state index is 0.403. The van der Waals surface area contributed by atoms with E-state index in [9.17, 15) is 0 Å². The van der Waals surface area contributed by atoms with Crippen LogP contribution in [0.1, 0.15) is 13.3 Å². The monoisotopic (exact) mass is 172 g/mol. The van der Waals surface area contributed by atoms with Crippen molar-refractivity contribution < 1.29 is 0 Å². The Hall–Kier alpha value is -1.80. The van der Waals surface area contributed by atoms with Crippen molar-refractivity contribution in [2.24, 2.45) is 5.92 Å². The molecule has 1 aromatic rings. The van der Waals surface area contributed by atoms with Gasteiger partial charge in [-0.1, -0.05) is 43.3 Å². The van der Waals surface area contributed by atoms with Gasteiger partial charge in [0.25, 0.3) is 0 Å². The van der Waals surface area contributed by atoms with E-state index in [1.165, 1.54) is 0 Å². The Balaban J connectivity index is 0.000000223. The molecule has 2 heteroatoms. The van der Waals surface area contributed by atoms with Crippen LogP contribution in [0.5, 0.6) is 0 Å². The molecule has 0 bridgehead atoms. The summed E-state index contributed by atoms with van der Waals surface area (Å²) in [5.74, 6) is -0.403. The van der Waals surface area contributed by atoms with Crippen molar-refractivity contribution in [3.63, 3.8) is 0 Å². The molecule has 0 N–H and O–H groups in total. The van der Waals surface area contributed by atoms with Gasteiger partial charge in [-0.3, -0.25) is 0 Å². The Bertz CT molecular complexity index is 238. The lowest BCUT2D eigenvalue weighted by atomic mass is 10.1. The first kappa shape index (κ1) is 11.2. The molecular formula is C11H12N2. The van der Waals surface area contributed by atoms with Crippen LogP contribution in [-0.2, 0) is 0 Å². The fourth-order valence-corrected chi connectivity index (χ4v) is 0.596. The van der Waals surface area contributed by atoms with Crippen molar-refractivity contribution in [2.75, 3.05) is 0 Å². The minimum atomic E-state index is -0.403. The van der Waals surface area contributed by atoms with Gasteiger partial charge in [-0.25, -0.2) is 0 Å². The van der Waals surface area contributed by atoms with Gasteiger partial charge in [0.2, 0.25) is 0 Å². The van der Waals surface area contributed by atoms with Gasteiger partial charge in [-0.05, 0) is 6.42 Å². The summed E-state index contributed by atoms with van der Waals surface area (Å²) in [6, 6.07) is 15.7. The average molecular weight is 172 g/mol. The number of benzene rings is 1. The van der Waals surface area contributed by atoms with Gasteiger partial charge in [-0.2, -0.15) is 10.5 Å². The van der Waals surface area contributed by atoms with Crippen LogP contribution in [0, 0.1) is 28.6 Å². The second-order valence-electron chi connectivity index (χ2n) is 2.37. The molecule has 0 aliphatic heterocycles.